The van der Waals surface area contributed by atoms with Crippen molar-refractivity contribution in [1.29, 1.82) is 0 Å². The van der Waals surface area contributed by atoms with E-state index in [4.69, 9.17) is 16.3 Å². The summed E-state index contributed by atoms with van der Waals surface area (Å²) in [4.78, 5) is 11.8. The molecule has 6 heteroatoms. The number of hydrogen-bond donors (Lipinski definition) is 2. The van der Waals surface area contributed by atoms with Crippen LogP contribution in [0.3, 0.4) is 0 Å². The Morgan fingerprint density at radius 2 is 2.00 bits per heavy atom. The first-order valence-electron chi connectivity index (χ1n) is 6.54. The highest BCUT2D eigenvalue weighted by atomic mass is 35.5. The molecule has 114 valence electrons. The molecule has 2 N–H and O–H groups in total. The van der Waals surface area contributed by atoms with Crippen LogP contribution < -0.4 is 15.4 Å². The summed E-state index contributed by atoms with van der Waals surface area (Å²) in [5.74, 6) is 0.383. The molecule has 20 heavy (non-hydrogen) atoms. The fourth-order valence-electron chi connectivity index (χ4n) is 1.50. The Morgan fingerprint density at radius 1 is 1.30 bits per heavy atom. The standard InChI is InChI=1S/C14H21ClN2O2.ClH/c1-3-8-16-9-10-17-14(18)11(2)19-13-7-5-4-6-12(13)15;/h4-7,11,16H,3,8-10H2,1-2H3,(H,17,18);1H. The van der Waals surface area contributed by atoms with Gasteiger partial charge in [0.2, 0.25) is 0 Å². The zero-order chi connectivity index (χ0) is 14.1. The summed E-state index contributed by atoms with van der Waals surface area (Å²) >= 11 is 5.97. The largest absolute Gasteiger partial charge is 0.479 e. The van der Waals surface area contributed by atoms with E-state index in [0.717, 1.165) is 19.5 Å². The van der Waals surface area contributed by atoms with E-state index in [2.05, 4.69) is 17.6 Å². The third-order valence-corrected chi connectivity index (χ3v) is 2.85. The molecule has 0 bridgehead atoms. The van der Waals surface area contributed by atoms with E-state index in [1.165, 1.54) is 0 Å². The smallest absolute Gasteiger partial charge is 0.260 e. The first-order chi connectivity index (χ1) is 9.15. The van der Waals surface area contributed by atoms with Crippen molar-refractivity contribution >= 4 is 29.9 Å². The lowest BCUT2D eigenvalue weighted by molar-refractivity contribution is -0.127. The third-order valence-electron chi connectivity index (χ3n) is 2.54. The Labute approximate surface area is 131 Å². The molecule has 1 rings (SSSR count). The van der Waals surface area contributed by atoms with Gasteiger partial charge < -0.3 is 15.4 Å². The van der Waals surface area contributed by atoms with Crippen LogP contribution in [0.15, 0.2) is 24.3 Å². The van der Waals surface area contributed by atoms with Gasteiger partial charge in [-0.25, -0.2) is 0 Å². The number of rotatable bonds is 8. The maximum Gasteiger partial charge on any atom is 0.260 e. The number of ether oxygens (including phenoxy) is 1. The average Bonchev–Trinajstić information content (AvgIpc) is 2.41. The zero-order valence-electron chi connectivity index (χ0n) is 11.8. The molecule has 1 unspecified atom stereocenters. The van der Waals surface area contributed by atoms with Crippen molar-refractivity contribution in [2.45, 2.75) is 26.4 Å². The molecule has 0 aliphatic heterocycles. The first kappa shape index (κ1) is 19.0. The predicted molar refractivity (Wildman–Crippen MR) is 85.0 cm³/mol. The van der Waals surface area contributed by atoms with Gasteiger partial charge in [0.1, 0.15) is 5.75 Å². The van der Waals surface area contributed by atoms with Crippen LogP contribution in [-0.2, 0) is 4.79 Å². The molecule has 0 fully saturated rings. The zero-order valence-corrected chi connectivity index (χ0v) is 13.4. The molecule has 1 atom stereocenters. The monoisotopic (exact) mass is 320 g/mol. The Balaban J connectivity index is 0.00000361. The van der Waals surface area contributed by atoms with Gasteiger partial charge in [-0.1, -0.05) is 30.7 Å². The molecule has 0 saturated heterocycles. The highest BCUT2D eigenvalue weighted by molar-refractivity contribution is 6.32. The fraction of sp³-hybridized carbons (Fsp3) is 0.500. The number of amides is 1. The summed E-state index contributed by atoms with van der Waals surface area (Å²) in [6.45, 7) is 6.12. The minimum Gasteiger partial charge on any atom is -0.479 e. The van der Waals surface area contributed by atoms with Crippen molar-refractivity contribution in [2.24, 2.45) is 0 Å². The predicted octanol–water partition coefficient (Wildman–Crippen LogP) is 2.64. The van der Waals surface area contributed by atoms with E-state index < -0.39 is 6.10 Å². The van der Waals surface area contributed by atoms with E-state index in [1.54, 1.807) is 19.1 Å². The quantitative estimate of drug-likeness (QED) is 0.724. The number of para-hydroxylation sites is 1. The summed E-state index contributed by atoms with van der Waals surface area (Å²) in [5.41, 5.74) is 0. The number of hydrogen-bond acceptors (Lipinski definition) is 3. The topological polar surface area (TPSA) is 50.4 Å². The van der Waals surface area contributed by atoms with E-state index in [0.29, 0.717) is 17.3 Å². The molecular formula is C14H22Cl2N2O2. The minimum absolute atomic E-state index is 0. The van der Waals surface area contributed by atoms with E-state index >= 15 is 0 Å². The maximum absolute atomic E-state index is 11.8. The lowest BCUT2D eigenvalue weighted by Gasteiger charge is -2.15. The Bertz CT molecular complexity index is 403. The van der Waals surface area contributed by atoms with Gasteiger partial charge in [-0.05, 0) is 32.0 Å². The van der Waals surface area contributed by atoms with Crippen molar-refractivity contribution in [1.82, 2.24) is 10.6 Å². The molecule has 4 nitrogen and oxygen atoms in total. The summed E-state index contributed by atoms with van der Waals surface area (Å²) < 4.78 is 5.52. The fourth-order valence-corrected chi connectivity index (χ4v) is 1.68. The second-order valence-electron chi connectivity index (χ2n) is 4.23. The van der Waals surface area contributed by atoms with Crippen LogP contribution in [0.1, 0.15) is 20.3 Å². The van der Waals surface area contributed by atoms with Gasteiger partial charge in [0, 0.05) is 13.1 Å². The number of carbonyl (C=O) groups excluding carboxylic acids is 1. The van der Waals surface area contributed by atoms with Gasteiger partial charge in [0.05, 0.1) is 5.02 Å². The third kappa shape index (κ3) is 6.98. The molecule has 0 heterocycles. The Morgan fingerprint density at radius 3 is 2.65 bits per heavy atom. The highest BCUT2D eigenvalue weighted by Gasteiger charge is 2.14. The SMILES string of the molecule is CCCNCCNC(=O)C(C)Oc1ccccc1Cl.Cl. The summed E-state index contributed by atoms with van der Waals surface area (Å²) in [5, 5.41) is 6.53. The molecule has 1 aromatic carbocycles. The maximum atomic E-state index is 11.8. The molecule has 0 aliphatic rings. The van der Waals surface area contributed by atoms with Crippen LogP contribution in [0.4, 0.5) is 0 Å². The van der Waals surface area contributed by atoms with Gasteiger partial charge in [0.25, 0.3) is 5.91 Å². The van der Waals surface area contributed by atoms with Gasteiger partial charge in [-0.15, -0.1) is 12.4 Å². The van der Waals surface area contributed by atoms with E-state index in [9.17, 15) is 4.79 Å². The number of halogens is 2. The summed E-state index contributed by atoms with van der Waals surface area (Å²) in [6, 6.07) is 7.12. The normalized spacial score (nSPS) is 11.3. The second kappa shape index (κ2) is 10.8. The van der Waals surface area contributed by atoms with Crippen LogP contribution >= 0.6 is 24.0 Å². The molecule has 0 aliphatic carbocycles. The average molecular weight is 321 g/mol. The molecule has 0 spiro atoms. The molecular weight excluding hydrogens is 299 g/mol. The molecule has 0 radical (unpaired) electrons. The van der Waals surface area contributed by atoms with Crippen molar-refractivity contribution in [3.05, 3.63) is 29.3 Å². The number of carbonyl (C=O) groups is 1. The van der Waals surface area contributed by atoms with Crippen molar-refractivity contribution in [2.75, 3.05) is 19.6 Å². The van der Waals surface area contributed by atoms with Crippen molar-refractivity contribution < 1.29 is 9.53 Å². The van der Waals surface area contributed by atoms with Gasteiger partial charge in [0.15, 0.2) is 6.10 Å². The van der Waals surface area contributed by atoms with E-state index in [-0.39, 0.29) is 18.3 Å². The van der Waals surface area contributed by atoms with Crippen molar-refractivity contribution in [3.8, 4) is 5.75 Å². The van der Waals surface area contributed by atoms with Crippen LogP contribution in [0.5, 0.6) is 5.75 Å². The van der Waals surface area contributed by atoms with Crippen molar-refractivity contribution in [3.63, 3.8) is 0 Å². The Kier molecular flexibility index (Phi) is 10.3. The van der Waals surface area contributed by atoms with Crippen LogP contribution in [0.25, 0.3) is 0 Å². The number of nitrogens with one attached hydrogen (secondary N) is 2. The first-order valence-corrected chi connectivity index (χ1v) is 6.92. The molecule has 0 aromatic heterocycles. The number of benzene rings is 1. The highest BCUT2D eigenvalue weighted by Crippen LogP contribution is 2.24. The molecule has 1 amide bonds. The second-order valence-corrected chi connectivity index (χ2v) is 4.64. The van der Waals surface area contributed by atoms with Crippen LogP contribution in [0.2, 0.25) is 5.02 Å². The van der Waals surface area contributed by atoms with Crippen LogP contribution in [-0.4, -0.2) is 31.6 Å². The molecule has 0 saturated carbocycles. The molecule has 1 aromatic rings. The summed E-state index contributed by atoms with van der Waals surface area (Å²) in [7, 11) is 0. The summed E-state index contributed by atoms with van der Waals surface area (Å²) in [6.07, 6.45) is 0.519. The van der Waals surface area contributed by atoms with Gasteiger partial charge in [-0.2, -0.15) is 0 Å². The van der Waals surface area contributed by atoms with Crippen LogP contribution in [0, 0.1) is 0 Å². The lowest BCUT2D eigenvalue weighted by Crippen LogP contribution is -2.39. The van der Waals surface area contributed by atoms with E-state index in [1.807, 2.05) is 12.1 Å². The lowest BCUT2D eigenvalue weighted by atomic mass is 10.3. The van der Waals surface area contributed by atoms with Gasteiger partial charge >= 0.3 is 0 Å². The van der Waals surface area contributed by atoms with Gasteiger partial charge in [-0.3, -0.25) is 4.79 Å². The minimum atomic E-state index is -0.564. The Hall–Kier alpha value is -0.970.